The molecule has 17 heavy (non-hydrogen) atoms. The Bertz CT molecular complexity index is 287. The first-order chi connectivity index (χ1) is 8.06. The number of amides is 1. The smallest absolute Gasteiger partial charge is 0.315 e. The van der Waals surface area contributed by atoms with E-state index >= 15 is 0 Å². The van der Waals surface area contributed by atoms with Gasteiger partial charge >= 0.3 is 6.43 Å². The van der Waals surface area contributed by atoms with Gasteiger partial charge in [0.25, 0.3) is 5.91 Å². The summed E-state index contributed by atoms with van der Waals surface area (Å²) in [6.07, 6.45) is 0.996. The second-order valence-corrected chi connectivity index (χ2v) is 4.82. The van der Waals surface area contributed by atoms with Crippen LogP contribution in [-0.2, 0) is 9.59 Å². The summed E-state index contributed by atoms with van der Waals surface area (Å²) >= 11 is 3.09. The highest BCUT2D eigenvalue weighted by atomic mass is 79.9. The SMILES string of the molecule is O=C(NC1CCCCCC1C(=O)CBr)C(F)F. The second kappa shape index (κ2) is 7.03. The third kappa shape index (κ3) is 4.33. The molecule has 1 fully saturated rings. The monoisotopic (exact) mass is 311 g/mol. The van der Waals surface area contributed by atoms with Crippen LogP contribution in [0.25, 0.3) is 0 Å². The van der Waals surface area contributed by atoms with Crippen LogP contribution in [0.1, 0.15) is 32.1 Å². The highest BCUT2D eigenvalue weighted by molar-refractivity contribution is 9.09. The van der Waals surface area contributed by atoms with Crippen LogP contribution in [0.5, 0.6) is 0 Å². The van der Waals surface area contributed by atoms with Gasteiger partial charge in [0.2, 0.25) is 0 Å². The summed E-state index contributed by atoms with van der Waals surface area (Å²) in [4.78, 5) is 22.7. The molecule has 0 radical (unpaired) electrons. The Morgan fingerprint density at radius 2 is 1.88 bits per heavy atom. The van der Waals surface area contributed by atoms with Crippen LogP contribution in [-0.4, -0.2) is 29.5 Å². The third-order valence-electron chi connectivity index (χ3n) is 3.09. The van der Waals surface area contributed by atoms with Gasteiger partial charge in [0.15, 0.2) is 0 Å². The molecule has 0 aromatic heterocycles. The lowest BCUT2D eigenvalue weighted by Gasteiger charge is -2.24. The van der Waals surface area contributed by atoms with Gasteiger partial charge in [0.05, 0.1) is 5.33 Å². The Balaban J connectivity index is 2.68. The van der Waals surface area contributed by atoms with Crippen LogP contribution in [0, 0.1) is 5.92 Å². The summed E-state index contributed by atoms with van der Waals surface area (Å²) in [5, 5.41) is 2.50. The van der Waals surface area contributed by atoms with Gasteiger partial charge in [-0.2, -0.15) is 8.78 Å². The maximum Gasteiger partial charge on any atom is 0.315 e. The summed E-state index contributed by atoms with van der Waals surface area (Å²) < 4.78 is 24.4. The number of hydrogen-bond acceptors (Lipinski definition) is 2. The highest BCUT2D eigenvalue weighted by Gasteiger charge is 2.31. The number of nitrogens with one attached hydrogen (secondary N) is 1. The minimum atomic E-state index is -3.02. The van der Waals surface area contributed by atoms with Crippen molar-refractivity contribution in [1.82, 2.24) is 5.32 Å². The third-order valence-corrected chi connectivity index (χ3v) is 3.64. The molecular formula is C11H16BrF2NO2. The van der Waals surface area contributed by atoms with Gasteiger partial charge in [-0.25, -0.2) is 0 Å². The zero-order valence-corrected chi connectivity index (χ0v) is 11.0. The van der Waals surface area contributed by atoms with Crippen LogP contribution < -0.4 is 5.32 Å². The van der Waals surface area contributed by atoms with Gasteiger partial charge in [-0.1, -0.05) is 35.2 Å². The summed E-state index contributed by atoms with van der Waals surface area (Å²) in [5.41, 5.74) is 0. The van der Waals surface area contributed by atoms with Gasteiger partial charge < -0.3 is 5.32 Å². The molecule has 2 unspecified atom stereocenters. The molecule has 1 amide bonds. The van der Waals surface area contributed by atoms with Gasteiger partial charge in [-0.3, -0.25) is 9.59 Å². The average Bonchev–Trinajstić information content (AvgIpc) is 2.53. The first-order valence-electron chi connectivity index (χ1n) is 5.73. The van der Waals surface area contributed by atoms with E-state index in [4.69, 9.17) is 0 Å². The summed E-state index contributed by atoms with van der Waals surface area (Å²) in [6, 6.07) is -0.441. The highest BCUT2D eigenvalue weighted by Crippen LogP contribution is 2.25. The van der Waals surface area contributed by atoms with Crippen molar-refractivity contribution in [2.24, 2.45) is 5.92 Å². The number of rotatable bonds is 4. The maximum absolute atomic E-state index is 12.2. The molecule has 0 aromatic rings. The standard InChI is InChI=1S/C11H16BrF2NO2/c12-6-9(16)7-4-2-1-3-5-8(7)15-11(17)10(13)14/h7-8,10H,1-6H2,(H,15,17). The fraction of sp³-hybridized carbons (Fsp3) is 0.818. The lowest BCUT2D eigenvalue weighted by molar-refractivity contribution is -0.133. The Kier molecular flexibility index (Phi) is 6.02. The van der Waals surface area contributed by atoms with Gasteiger partial charge in [-0.15, -0.1) is 0 Å². The molecule has 0 aromatic carbocycles. The first kappa shape index (κ1) is 14.5. The van der Waals surface area contributed by atoms with Crippen LogP contribution in [0.2, 0.25) is 0 Å². The molecule has 0 aliphatic heterocycles. The van der Waals surface area contributed by atoms with E-state index in [1.807, 2.05) is 0 Å². The Morgan fingerprint density at radius 1 is 1.24 bits per heavy atom. The fourth-order valence-corrected chi connectivity index (χ4v) is 2.63. The number of ketones is 1. The molecule has 6 heteroatoms. The van der Waals surface area contributed by atoms with Crippen molar-refractivity contribution in [3.8, 4) is 0 Å². The molecule has 3 nitrogen and oxygen atoms in total. The average molecular weight is 312 g/mol. The van der Waals surface area contributed by atoms with Crippen molar-refractivity contribution in [2.75, 3.05) is 5.33 Å². The lowest BCUT2D eigenvalue weighted by Crippen LogP contribution is -2.45. The molecular weight excluding hydrogens is 296 g/mol. The van der Waals surface area contributed by atoms with Crippen molar-refractivity contribution in [2.45, 2.75) is 44.6 Å². The quantitative estimate of drug-likeness (QED) is 0.639. The molecule has 1 aliphatic rings. The summed E-state index contributed by atoms with van der Waals surface area (Å²) in [5.74, 6) is -1.63. The van der Waals surface area contributed by atoms with E-state index in [2.05, 4.69) is 21.2 Å². The van der Waals surface area contributed by atoms with Crippen molar-refractivity contribution in [1.29, 1.82) is 0 Å². The Hall–Kier alpha value is -0.520. The van der Waals surface area contributed by atoms with Crippen molar-refractivity contribution < 1.29 is 18.4 Å². The molecule has 0 spiro atoms. The normalized spacial score (nSPS) is 25.4. The zero-order valence-electron chi connectivity index (χ0n) is 9.43. The van der Waals surface area contributed by atoms with E-state index in [0.717, 1.165) is 19.3 Å². The molecule has 1 N–H and O–H groups in total. The fourth-order valence-electron chi connectivity index (χ4n) is 2.21. The van der Waals surface area contributed by atoms with Gasteiger partial charge in [0.1, 0.15) is 5.78 Å². The van der Waals surface area contributed by atoms with E-state index in [1.54, 1.807) is 0 Å². The zero-order chi connectivity index (χ0) is 12.8. The lowest BCUT2D eigenvalue weighted by atomic mass is 9.91. The second-order valence-electron chi connectivity index (χ2n) is 4.26. The summed E-state index contributed by atoms with van der Waals surface area (Å²) in [6.45, 7) is 0. The number of halogens is 3. The predicted octanol–water partition coefficient (Wildman–Crippen LogP) is 2.28. The Labute approximate surface area is 107 Å². The predicted molar refractivity (Wildman–Crippen MR) is 63.3 cm³/mol. The van der Waals surface area contributed by atoms with E-state index < -0.39 is 18.4 Å². The largest absolute Gasteiger partial charge is 0.348 e. The van der Waals surface area contributed by atoms with Gasteiger partial charge in [0, 0.05) is 12.0 Å². The van der Waals surface area contributed by atoms with Crippen molar-refractivity contribution in [3.05, 3.63) is 0 Å². The minimum absolute atomic E-state index is 0.0218. The van der Waals surface area contributed by atoms with Crippen LogP contribution in [0.15, 0.2) is 0 Å². The molecule has 1 saturated carbocycles. The number of carbonyl (C=O) groups excluding carboxylic acids is 2. The van der Waals surface area contributed by atoms with Crippen molar-refractivity contribution >= 4 is 27.6 Å². The van der Waals surface area contributed by atoms with E-state index in [-0.39, 0.29) is 17.0 Å². The first-order valence-corrected chi connectivity index (χ1v) is 6.85. The molecule has 98 valence electrons. The summed E-state index contributed by atoms with van der Waals surface area (Å²) in [7, 11) is 0. The van der Waals surface area contributed by atoms with Crippen LogP contribution in [0.4, 0.5) is 8.78 Å². The number of Topliss-reactive ketones (excluding diaryl/α,β-unsaturated/α-hetero) is 1. The molecule has 0 bridgehead atoms. The van der Waals surface area contributed by atoms with Crippen molar-refractivity contribution in [3.63, 3.8) is 0 Å². The molecule has 2 atom stereocenters. The van der Waals surface area contributed by atoms with Gasteiger partial charge in [-0.05, 0) is 12.8 Å². The number of carbonyl (C=O) groups is 2. The van der Waals surface area contributed by atoms with E-state index in [0.29, 0.717) is 12.8 Å². The van der Waals surface area contributed by atoms with Crippen LogP contribution >= 0.6 is 15.9 Å². The van der Waals surface area contributed by atoms with E-state index in [1.165, 1.54) is 0 Å². The minimum Gasteiger partial charge on any atom is -0.348 e. The number of alkyl halides is 3. The topological polar surface area (TPSA) is 46.2 Å². The Morgan fingerprint density at radius 3 is 2.47 bits per heavy atom. The molecule has 1 aliphatic carbocycles. The maximum atomic E-state index is 12.2. The van der Waals surface area contributed by atoms with E-state index in [9.17, 15) is 18.4 Å². The molecule has 1 rings (SSSR count). The number of hydrogen-bond donors (Lipinski definition) is 1. The van der Waals surface area contributed by atoms with Crippen LogP contribution in [0.3, 0.4) is 0 Å². The molecule has 0 saturated heterocycles. The molecule has 0 heterocycles.